The highest BCUT2D eigenvalue weighted by Gasteiger charge is 2.14. The number of halogens is 2. The van der Waals surface area contributed by atoms with Crippen molar-refractivity contribution in [1.82, 2.24) is 9.97 Å². The maximum atomic E-state index is 12.3. The van der Waals surface area contributed by atoms with Crippen LogP contribution in [0.5, 0.6) is 11.5 Å². The lowest BCUT2D eigenvalue weighted by molar-refractivity contribution is -0.0512. The fourth-order valence-corrected chi connectivity index (χ4v) is 2.27. The molecule has 3 rings (SSSR count). The predicted octanol–water partition coefficient (Wildman–Crippen LogP) is 3.60. The van der Waals surface area contributed by atoms with Crippen molar-refractivity contribution in [1.29, 1.82) is 0 Å². The maximum Gasteiger partial charge on any atom is 0.387 e. The van der Waals surface area contributed by atoms with Gasteiger partial charge in [0.05, 0.1) is 24.3 Å². The zero-order valence-electron chi connectivity index (χ0n) is 13.7. The Bertz CT molecular complexity index is 934. The van der Waals surface area contributed by atoms with Gasteiger partial charge in [0, 0.05) is 0 Å². The van der Waals surface area contributed by atoms with Gasteiger partial charge in [0.1, 0.15) is 6.61 Å². The van der Waals surface area contributed by atoms with E-state index in [1.165, 1.54) is 31.5 Å². The molecule has 0 amide bonds. The summed E-state index contributed by atoms with van der Waals surface area (Å²) < 4.78 is 39.2. The van der Waals surface area contributed by atoms with Gasteiger partial charge >= 0.3 is 12.6 Å². The van der Waals surface area contributed by atoms with Gasteiger partial charge in [-0.3, -0.25) is 4.98 Å². The molecule has 0 N–H and O–H groups in total. The Morgan fingerprint density at radius 2 is 1.88 bits per heavy atom. The molecule has 0 saturated heterocycles. The minimum Gasteiger partial charge on any atom is -0.493 e. The number of fused-ring (bicyclic) bond motifs is 1. The lowest BCUT2D eigenvalue weighted by Gasteiger charge is -2.11. The predicted molar refractivity (Wildman–Crippen MR) is 88.3 cm³/mol. The van der Waals surface area contributed by atoms with Gasteiger partial charge in [-0.05, 0) is 29.8 Å². The Morgan fingerprint density at radius 1 is 1.12 bits per heavy atom. The number of methoxy groups -OCH3 is 1. The molecule has 26 heavy (non-hydrogen) atoms. The van der Waals surface area contributed by atoms with Crippen molar-refractivity contribution in [3.63, 3.8) is 0 Å². The van der Waals surface area contributed by atoms with Crippen LogP contribution in [-0.2, 0) is 11.3 Å². The Kier molecular flexibility index (Phi) is 5.21. The molecule has 0 spiro atoms. The Labute approximate surface area is 147 Å². The molecule has 0 unspecified atom stereocenters. The fourth-order valence-electron chi connectivity index (χ4n) is 2.27. The number of rotatable bonds is 6. The van der Waals surface area contributed by atoms with Gasteiger partial charge in [-0.1, -0.05) is 18.2 Å². The van der Waals surface area contributed by atoms with E-state index >= 15 is 0 Å². The molecule has 0 fully saturated rings. The molecule has 2 aromatic carbocycles. The second-order valence-corrected chi connectivity index (χ2v) is 5.18. The van der Waals surface area contributed by atoms with Crippen LogP contribution in [0.3, 0.4) is 0 Å². The van der Waals surface area contributed by atoms with E-state index in [1.54, 1.807) is 18.2 Å². The van der Waals surface area contributed by atoms with Crippen LogP contribution in [0.1, 0.15) is 16.1 Å². The van der Waals surface area contributed by atoms with E-state index in [0.29, 0.717) is 16.6 Å². The number of ether oxygens (including phenoxy) is 3. The largest absolute Gasteiger partial charge is 0.493 e. The number of para-hydroxylation sites is 2. The molecular formula is C18H14F2N2O4. The second kappa shape index (κ2) is 7.73. The number of esters is 1. The quantitative estimate of drug-likeness (QED) is 0.626. The van der Waals surface area contributed by atoms with Crippen molar-refractivity contribution < 1.29 is 27.8 Å². The first-order valence-corrected chi connectivity index (χ1v) is 7.57. The molecular weight excluding hydrogens is 346 g/mol. The third-order valence-electron chi connectivity index (χ3n) is 3.47. The Morgan fingerprint density at radius 3 is 2.62 bits per heavy atom. The highest BCUT2D eigenvalue weighted by molar-refractivity contribution is 5.89. The third-order valence-corrected chi connectivity index (χ3v) is 3.47. The number of hydrogen-bond donors (Lipinski definition) is 0. The van der Waals surface area contributed by atoms with E-state index < -0.39 is 12.6 Å². The number of carbonyl (C=O) groups is 1. The second-order valence-electron chi connectivity index (χ2n) is 5.18. The summed E-state index contributed by atoms with van der Waals surface area (Å²) in [5, 5.41) is 0. The van der Waals surface area contributed by atoms with Crippen LogP contribution in [0.4, 0.5) is 8.78 Å². The standard InChI is InChI=1S/C18H14F2N2O4/c1-24-16-8-11(6-7-15(16)26-18(19)20)10-25-17(23)14-9-21-12-4-2-3-5-13(12)22-14/h2-9,18H,10H2,1H3. The van der Waals surface area contributed by atoms with Crippen LogP contribution < -0.4 is 9.47 Å². The molecule has 6 nitrogen and oxygen atoms in total. The summed E-state index contributed by atoms with van der Waals surface area (Å²) in [5.74, 6) is -0.627. The van der Waals surface area contributed by atoms with Crippen LogP contribution >= 0.6 is 0 Å². The van der Waals surface area contributed by atoms with E-state index in [-0.39, 0.29) is 23.8 Å². The molecule has 1 aromatic heterocycles. The number of aromatic nitrogens is 2. The van der Waals surface area contributed by atoms with Crippen LogP contribution in [0.15, 0.2) is 48.7 Å². The molecule has 0 aliphatic heterocycles. The average Bonchev–Trinajstić information content (AvgIpc) is 2.66. The number of hydrogen-bond acceptors (Lipinski definition) is 6. The third kappa shape index (κ3) is 4.02. The summed E-state index contributed by atoms with van der Waals surface area (Å²) in [5.41, 5.74) is 1.87. The zero-order valence-corrected chi connectivity index (χ0v) is 13.7. The van der Waals surface area contributed by atoms with E-state index in [9.17, 15) is 13.6 Å². The number of nitrogens with zero attached hydrogens (tertiary/aromatic N) is 2. The normalized spacial score (nSPS) is 10.8. The average molecular weight is 360 g/mol. The first kappa shape index (κ1) is 17.5. The molecule has 0 aliphatic rings. The molecule has 134 valence electrons. The zero-order chi connectivity index (χ0) is 18.5. The minimum absolute atomic E-state index is 0.0771. The van der Waals surface area contributed by atoms with Crippen molar-refractivity contribution in [3.05, 3.63) is 59.9 Å². The fraction of sp³-hybridized carbons (Fsp3) is 0.167. The lowest BCUT2D eigenvalue weighted by Crippen LogP contribution is -2.08. The van der Waals surface area contributed by atoms with Crippen molar-refractivity contribution in [2.75, 3.05) is 7.11 Å². The van der Waals surface area contributed by atoms with Crippen LogP contribution in [0.25, 0.3) is 11.0 Å². The summed E-state index contributed by atoms with van der Waals surface area (Å²) in [6, 6.07) is 11.4. The topological polar surface area (TPSA) is 70.5 Å². The number of alkyl halides is 2. The van der Waals surface area contributed by atoms with E-state index in [0.717, 1.165) is 0 Å². The number of benzene rings is 2. The Hall–Kier alpha value is -3.29. The molecule has 1 heterocycles. The molecule has 0 bridgehead atoms. The van der Waals surface area contributed by atoms with Gasteiger partial charge < -0.3 is 14.2 Å². The molecule has 3 aromatic rings. The molecule has 0 radical (unpaired) electrons. The first-order valence-electron chi connectivity index (χ1n) is 7.57. The van der Waals surface area contributed by atoms with Gasteiger partial charge in [0.15, 0.2) is 17.2 Å². The summed E-state index contributed by atoms with van der Waals surface area (Å²) >= 11 is 0. The van der Waals surface area contributed by atoms with Crippen molar-refractivity contribution in [2.24, 2.45) is 0 Å². The van der Waals surface area contributed by atoms with Crippen molar-refractivity contribution in [3.8, 4) is 11.5 Å². The van der Waals surface area contributed by atoms with Gasteiger partial charge in [-0.15, -0.1) is 0 Å². The summed E-state index contributed by atoms with van der Waals surface area (Å²) in [7, 11) is 1.33. The van der Waals surface area contributed by atoms with E-state index in [2.05, 4.69) is 14.7 Å². The van der Waals surface area contributed by atoms with Crippen LogP contribution in [0, 0.1) is 0 Å². The highest BCUT2D eigenvalue weighted by Crippen LogP contribution is 2.29. The lowest BCUT2D eigenvalue weighted by atomic mass is 10.2. The summed E-state index contributed by atoms with van der Waals surface area (Å²) in [6.07, 6.45) is 1.34. The van der Waals surface area contributed by atoms with Crippen molar-refractivity contribution in [2.45, 2.75) is 13.2 Å². The van der Waals surface area contributed by atoms with Gasteiger partial charge in [0.25, 0.3) is 0 Å². The van der Waals surface area contributed by atoms with Gasteiger partial charge in [0.2, 0.25) is 0 Å². The maximum absolute atomic E-state index is 12.3. The SMILES string of the molecule is COc1cc(COC(=O)c2cnc3ccccc3n2)ccc1OC(F)F. The Balaban J connectivity index is 1.70. The van der Waals surface area contributed by atoms with E-state index in [1.807, 2.05) is 6.07 Å². The molecule has 0 saturated carbocycles. The van der Waals surface area contributed by atoms with E-state index in [4.69, 9.17) is 9.47 Å². The summed E-state index contributed by atoms with van der Waals surface area (Å²) in [6.45, 7) is -3.04. The van der Waals surface area contributed by atoms with Crippen molar-refractivity contribution >= 4 is 17.0 Å². The minimum atomic E-state index is -2.96. The summed E-state index contributed by atoms with van der Waals surface area (Å²) in [4.78, 5) is 20.5. The first-order chi connectivity index (χ1) is 12.6. The van der Waals surface area contributed by atoms with Gasteiger partial charge in [-0.25, -0.2) is 9.78 Å². The number of carbonyl (C=O) groups excluding carboxylic acids is 1. The molecule has 0 atom stereocenters. The smallest absolute Gasteiger partial charge is 0.387 e. The monoisotopic (exact) mass is 360 g/mol. The van der Waals surface area contributed by atoms with Gasteiger partial charge in [-0.2, -0.15) is 8.78 Å². The highest BCUT2D eigenvalue weighted by atomic mass is 19.3. The van der Waals surface area contributed by atoms with Crippen LogP contribution in [0.2, 0.25) is 0 Å². The molecule has 8 heteroatoms. The molecule has 0 aliphatic carbocycles. The van der Waals surface area contributed by atoms with Crippen LogP contribution in [-0.4, -0.2) is 29.7 Å².